The molecule has 0 heterocycles. The van der Waals surface area contributed by atoms with Crippen LogP contribution in [-0.4, -0.2) is 18.3 Å². The average Bonchev–Trinajstić information content (AvgIpc) is 2.34. The Bertz CT molecular complexity index is 317. The second-order valence-corrected chi connectivity index (χ2v) is 6.10. The third kappa shape index (κ3) is 6.35. The van der Waals surface area contributed by atoms with E-state index in [1.54, 1.807) is 0 Å². The van der Waals surface area contributed by atoms with Crippen LogP contribution in [-0.2, 0) is 5.75 Å². The molecule has 0 saturated heterocycles. The first-order valence-corrected chi connectivity index (χ1v) is 7.72. The van der Waals surface area contributed by atoms with Gasteiger partial charge in [0.15, 0.2) is 0 Å². The Morgan fingerprint density at radius 2 is 2.12 bits per heavy atom. The van der Waals surface area contributed by atoms with Gasteiger partial charge >= 0.3 is 0 Å². The fraction of sp³-hybridized carbons (Fsp3) is 0.571. The monoisotopic (exact) mass is 271 g/mol. The molecule has 0 aromatic heterocycles. The summed E-state index contributed by atoms with van der Waals surface area (Å²) in [5.74, 6) is 0.996. The van der Waals surface area contributed by atoms with E-state index in [-0.39, 0.29) is 0 Å². The first kappa shape index (κ1) is 14.9. The lowest BCUT2D eigenvalue weighted by Gasteiger charge is -2.12. The third-order valence-corrected chi connectivity index (χ3v) is 4.20. The maximum atomic E-state index is 6.12. The molecule has 1 unspecified atom stereocenters. The molecule has 1 N–H and O–H groups in total. The molecule has 0 aliphatic carbocycles. The van der Waals surface area contributed by atoms with Crippen LogP contribution in [0, 0.1) is 0 Å². The van der Waals surface area contributed by atoms with E-state index in [0.717, 1.165) is 23.9 Å². The number of halogens is 1. The Labute approximate surface area is 114 Å². The van der Waals surface area contributed by atoms with Crippen molar-refractivity contribution >= 4 is 23.4 Å². The van der Waals surface area contributed by atoms with Crippen LogP contribution in [0.1, 0.15) is 32.3 Å². The average molecular weight is 272 g/mol. The smallest absolute Gasteiger partial charge is 0.0446 e. The van der Waals surface area contributed by atoms with Gasteiger partial charge in [-0.3, -0.25) is 0 Å². The highest BCUT2D eigenvalue weighted by Crippen LogP contribution is 2.23. The topological polar surface area (TPSA) is 12.0 Å². The van der Waals surface area contributed by atoms with E-state index in [1.165, 1.54) is 18.4 Å². The van der Waals surface area contributed by atoms with Gasteiger partial charge in [-0.1, -0.05) is 50.1 Å². The summed E-state index contributed by atoms with van der Waals surface area (Å²) in [6.45, 7) is 6.69. The molecular formula is C14H22ClNS. The standard InChI is InChI=1S/C14H22ClNS/c1-3-4-9-16-10-12(2)17-11-13-7-5-6-8-14(13)15/h5-8,12,16H,3-4,9-11H2,1-2H3. The molecule has 1 rings (SSSR count). The number of thioether (sulfide) groups is 1. The summed E-state index contributed by atoms with van der Waals surface area (Å²) in [4.78, 5) is 0. The molecule has 1 atom stereocenters. The second kappa shape index (κ2) is 8.84. The van der Waals surface area contributed by atoms with Crippen molar-refractivity contribution in [1.82, 2.24) is 5.32 Å². The molecule has 1 nitrogen and oxygen atoms in total. The van der Waals surface area contributed by atoms with Gasteiger partial charge in [-0.2, -0.15) is 11.8 Å². The van der Waals surface area contributed by atoms with Crippen LogP contribution in [0.5, 0.6) is 0 Å². The van der Waals surface area contributed by atoms with Crippen molar-refractivity contribution in [2.24, 2.45) is 0 Å². The summed E-state index contributed by atoms with van der Waals surface area (Å²) < 4.78 is 0. The van der Waals surface area contributed by atoms with E-state index < -0.39 is 0 Å². The van der Waals surface area contributed by atoms with Gasteiger partial charge in [-0.25, -0.2) is 0 Å². The summed E-state index contributed by atoms with van der Waals surface area (Å²) in [6.07, 6.45) is 2.52. The molecule has 96 valence electrons. The highest BCUT2D eigenvalue weighted by atomic mass is 35.5. The Morgan fingerprint density at radius 1 is 1.35 bits per heavy atom. The van der Waals surface area contributed by atoms with E-state index in [0.29, 0.717) is 5.25 Å². The largest absolute Gasteiger partial charge is 0.316 e. The number of rotatable bonds is 8. The van der Waals surface area contributed by atoms with E-state index in [1.807, 2.05) is 30.0 Å². The molecule has 0 radical (unpaired) electrons. The fourth-order valence-corrected chi connectivity index (χ4v) is 2.75. The third-order valence-electron chi connectivity index (χ3n) is 2.62. The highest BCUT2D eigenvalue weighted by molar-refractivity contribution is 7.99. The minimum Gasteiger partial charge on any atom is -0.316 e. The van der Waals surface area contributed by atoms with Crippen LogP contribution in [0.25, 0.3) is 0 Å². The van der Waals surface area contributed by atoms with E-state index in [9.17, 15) is 0 Å². The number of hydrogen-bond donors (Lipinski definition) is 1. The lowest BCUT2D eigenvalue weighted by molar-refractivity contribution is 0.638. The zero-order valence-corrected chi connectivity index (χ0v) is 12.3. The lowest BCUT2D eigenvalue weighted by atomic mass is 10.2. The minimum atomic E-state index is 0.628. The number of benzene rings is 1. The van der Waals surface area contributed by atoms with Crippen molar-refractivity contribution in [3.8, 4) is 0 Å². The Morgan fingerprint density at radius 3 is 2.82 bits per heavy atom. The maximum Gasteiger partial charge on any atom is 0.0446 e. The van der Waals surface area contributed by atoms with Crippen molar-refractivity contribution in [3.63, 3.8) is 0 Å². The Hall–Kier alpha value is -0.180. The molecule has 1 aromatic carbocycles. The van der Waals surface area contributed by atoms with E-state index in [4.69, 9.17) is 11.6 Å². The van der Waals surface area contributed by atoms with Crippen LogP contribution in [0.2, 0.25) is 5.02 Å². The summed E-state index contributed by atoms with van der Waals surface area (Å²) >= 11 is 8.08. The quantitative estimate of drug-likeness (QED) is 0.706. The number of nitrogens with one attached hydrogen (secondary N) is 1. The van der Waals surface area contributed by atoms with Crippen molar-refractivity contribution in [2.75, 3.05) is 13.1 Å². The second-order valence-electron chi connectivity index (χ2n) is 4.27. The minimum absolute atomic E-state index is 0.628. The molecule has 0 saturated carbocycles. The van der Waals surface area contributed by atoms with Crippen LogP contribution >= 0.6 is 23.4 Å². The van der Waals surface area contributed by atoms with Crippen molar-refractivity contribution in [1.29, 1.82) is 0 Å². The number of hydrogen-bond acceptors (Lipinski definition) is 2. The molecule has 17 heavy (non-hydrogen) atoms. The first-order valence-electron chi connectivity index (χ1n) is 6.29. The number of unbranched alkanes of at least 4 members (excludes halogenated alkanes) is 1. The van der Waals surface area contributed by atoms with Gasteiger partial charge in [0.05, 0.1) is 0 Å². The fourth-order valence-electron chi connectivity index (χ4n) is 1.51. The molecule has 3 heteroatoms. The van der Waals surface area contributed by atoms with Gasteiger partial charge in [-0.05, 0) is 24.6 Å². The molecule has 0 aliphatic rings. The molecular weight excluding hydrogens is 250 g/mol. The molecule has 0 aliphatic heterocycles. The summed E-state index contributed by atoms with van der Waals surface area (Å²) in [6, 6.07) is 8.09. The van der Waals surface area contributed by atoms with Gasteiger partial charge in [0.1, 0.15) is 0 Å². The van der Waals surface area contributed by atoms with Crippen LogP contribution in [0.4, 0.5) is 0 Å². The van der Waals surface area contributed by atoms with Crippen molar-refractivity contribution in [2.45, 2.75) is 37.7 Å². The Balaban J connectivity index is 2.19. The SMILES string of the molecule is CCCCNCC(C)SCc1ccccc1Cl. The van der Waals surface area contributed by atoms with Crippen molar-refractivity contribution in [3.05, 3.63) is 34.9 Å². The highest BCUT2D eigenvalue weighted by Gasteiger charge is 2.04. The summed E-state index contributed by atoms with van der Waals surface area (Å²) in [5.41, 5.74) is 1.24. The summed E-state index contributed by atoms with van der Waals surface area (Å²) in [7, 11) is 0. The Kier molecular flexibility index (Phi) is 7.74. The normalized spacial score (nSPS) is 12.6. The molecule has 0 amide bonds. The maximum absolute atomic E-state index is 6.12. The molecule has 0 bridgehead atoms. The van der Waals surface area contributed by atoms with Gasteiger partial charge in [0.2, 0.25) is 0 Å². The predicted octanol–water partition coefficient (Wildman–Crippen LogP) is 4.35. The molecule has 0 spiro atoms. The first-order chi connectivity index (χ1) is 8.24. The lowest BCUT2D eigenvalue weighted by Crippen LogP contribution is -2.23. The molecule has 0 fully saturated rings. The zero-order chi connectivity index (χ0) is 12.5. The predicted molar refractivity (Wildman–Crippen MR) is 80.0 cm³/mol. The zero-order valence-electron chi connectivity index (χ0n) is 10.7. The van der Waals surface area contributed by atoms with E-state index in [2.05, 4.69) is 25.2 Å². The van der Waals surface area contributed by atoms with E-state index >= 15 is 0 Å². The van der Waals surface area contributed by atoms with Crippen LogP contribution < -0.4 is 5.32 Å². The summed E-state index contributed by atoms with van der Waals surface area (Å²) in [5, 5.41) is 4.99. The van der Waals surface area contributed by atoms with Gasteiger partial charge in [0, 0.05) is 22.6 Å². The van der Waals surface area contributed by atoms with Gasteiger partial charge < -0.3 is 5.32 Å². The van der Waals surface area contributed by atoms with Crippen LogP contribution in [0.15, 0.2) is 24.3 Å². The van der Waals surface area contributed by atoms with Gasteiger partial charge in [0.25, 0.3) is 0 Å². The van der Waals surface area contributed by atoms with Crippen molar-refractivity contribution < 1.29 is 0 Å². The van der Waals surface area contributed by atoms with Crippen LogP contribution in [0.3, 0.4) is 0 Å². The van der Waals surface area contributed by atoms with Gasteiger partial charge in [-0.15, -0.1) is 0 Å². The molecule has 1 aromatic rings.